The monoisotopic (exact) mass is 263 g/mol. The summed E-state index contributed by atoms with van der Waals surface area (Å²) in [4.78, 5) is 23.3. The number of aryl methyl sites for hydroxylation is 1. The van der Waals surface area contributed by atoms with Gasteiger partial charge in [-0.15, -0.1) is 0 Å². The minimum Gasteiger partial charge on any atom is -0.444 e. The fourth-order valence-corrected chi connectivity index (χ4v) is 1.50. The quantitative estimate of drug-likeness (QED) is 0.850. The second-order valence-corrected chi connectivity index (χ2v) is 5.33. The Hall–Kier alpha value is -1.84. The largest absolute Gasteiger partial charge is 0.444 e. The smallest absolute Gasteiger partial charge is 0.408 e. The number of carbonyl (C=O) groups is 2. The molecule has 4 heteroatoms. The Bertz CT molecular complexity index is 443. The molecule has 0 bridgehead atoms. The van der Waals surface area contributed by atoms with E-state index < -0.39 is 11.7 Å². The molecule has 4 nitrogen and oxygen atoms in total. The Morgan fingerprint density at radius 1 is 1.16 bits per heavy atom. The van der Waals surface area contributed by atoms with Gasteiger partial charge in [-0.1, -0.05) is 31.2 Å². The standard InChI is InChI=1S/C15H21NO3/c1-5-11-6-8-12(9-7-11)13(17)10-16-14(18)19-15(2,3)4/h6-9H,5,10H2,1-4H3,(H,16,18). The highest BCUT2D eigenvalue weighted by atomic mass is 16.6. The Morgan fingerprint density at radius 3 is 2.21 bits per heavy atom. The highest BCUT2D eigenvalue weighted by Crippen LogP contribution is 2.07. The highest BCUT2D eigenvalue weighted by Gasteiger charge is 2.16. The van der Waals surface area contributed by atoms with E-state index in [-0.39, 0.29) is 12.3 Å². The van der Waals surface area contributed by atoms with Crippen LogP contribution in [-0.4, -0.2) is 24.0 Å². The lowest BCUT2D eigenvalue weighted by Crippen LogP contribution is -2.35. The van der Waals surface area contributed by atoms with E-state index >= 15 is 0 Å². The number of nitrogens with one attached hydrogen (secondary N) is 1. The second-order valence-electron chi connectivity index (χ2n) is 5.33. The Balaban J connectivity index is 2.49. The summed E-state index contributed by atoms with van der Waals surface area (Å²) in [6.45, 7) is 7.33. The fourth-order valence-electron chi connectivity index (χ4n) is 1.50. The summed E-state index contributed by atoms with van der Waals surface area (Å²) >= 11 is 0. The van der Waals surface area contributed by atoms with Crippen LogP contribution in [0.4, 0.5) is 4.79 Å². The van der Waals surface area contributed by atoms with Crippen molar-refractivity contribution in [3.63, 3.8) is 0 Å². The third kappa shape index (κ3) is 5.55. The van der Waals surface area contributed by atoms with Crippen molar-refractivity contribution in [2.24, 2.45) is 0 Å². The van der Waals surface area contributed by atoms with Crippen molar-refractivity contribution in [3.8, 4) is 0 Å². The molecule has 104 valence electrons. The zero-order chi connectivity index (χ0) is 14.5. The normalized spacial score (nSPS) is 10.9. The maximum atomic E-state index is 11.8. The van der Waals surface area contributed by atoms with Gasteiger partial charge in [-0.25, -0.2) is 4.79 Å². The van der Waals surface area contributed by atoms with Gasteiger partial charge in [-0.3, -0.25) is 4.79 Å². The molecule has 1 N–H and O–H groups in total. The molecule has 0 aliphatic heterocycles. The van der Waals surface area contributed by atoms with Crippen molar-refractivity contribution in [1.29, 1.82) is 0 Å². The molecule has 0 saturated carbocycles. The fraction of sp³-hybridized carbons (Fsp3) is 0.467. The Kier molecular flexibility index (Phi) is 5.10. The van der Waals surface area contributed by atoms with E-state index in [1.54, 1.807) is 32.9 Å². The van der Waals surface area contributed by atoms with Gasteiger partial charge in [0.05, 0.1) is 6.54 Å². The van der Waals surface area contributed by atoms with Crippen LogP contribution in [0.15, 0.2) is 24.3 Å². The van der Waals surface area contributed by atoms with Crippen molar-refractivity contribution in [2.45, 2.75) is 39.7 Å². The molecule has 0 spiro atoms. The predicted molar refractivity (Wildman–Crippen MR) is 74.4 cm³/mol. The van der Waals surface area contributed by atoms with Crippen LogP contribution in [0.2, 0.25) is 0 Å². The maximum absolute atomic E-state index is 11.8. The molecule has 0 radical (unpaired) electrons. The molecule has 1 rings (SSSR count). The number of amides is 1. The summed E-state index contributed by atoms with van der Waals surface area (Å²) in [5.74, 6) is -0.131. The minimum atomic E-state index is -0.578. The lowest BCUT2D eigenvalue weighted by molar-refractivity contribution is 0.0520. The molecule has 0 saturated heterocycles. The van der Waals surface area contributed by atoms with E-state index in [9.17, 15) is 9.59 Å². The summed E-state index contributed by atoms with van der Waals surface area (Å²) < 4.78 is 5.06. The molecule has 0 aliphatic carbocycles. The van der Waals surface area contributed by atoms with Crippen molar-refractivity contribution in [2.75, 3.05) is 6.54 Å². The third-order valence-corrected chi connectivity index (χ3v) is 2.48. The first-order chi connectivity index (χ1) is 8.81. The molecule has 0 atom stereocenters. The molecule has 0 unspecified atom stereocenters. The van der Waals surface area contributed by atoms with Crippen LogP contribution >= 0.6 is 0 Å². The molecule has 0 fully saturated rings. The predicted octanol–water partition coefficient (Wildman–Crippen LogP) is 2.96. The Morgan fingerprint density at radius 2 is 1.74 bits per heavy atom. The average Bonchev–Trinajstić information content (AvgIpc) is 2.34. The van der Waals surface area contributed by atoms with Gasteiger partial charge in [-0.2, -0.15) is 0 Å². The second kappa shape index (κ2) is 6.36. The van der Waals surface area contributed by atoms with Crippen molar-refractivity contribution in [1.82, 2.24) is 5.32 Å². The molecule has 0 aromatic heterocycles. The zero-order valence-electron chi connectivity index (χ0n) is 11.9. The molecule has 1 aromatic carbocycles. The van der Waals surface area contributed by atoms with E-state index in [2.05, 4.69) is 12.2 Å². The average molecular weight is 263 g/mol. The minimum absolute atomic E-state index is 0.0552. The van der Waals surface area contributed by atoms with Crippen LogP contribution in [0.3, 0.4) is 0 Å². The summed E-state index contributed by atoms with van der Waals surface area (Å²) in [6, 6.07) is 7.39. The molecular formula is C15H21NO3. The number of rotatable bonds is 4. The third-order valence-electron chi connectivity index (χ3n) is 2.48. The summed E-state index contributed by atoms with van der Waals surface area (Å²) in [7, 11) is 0. The number of alkyl carbamates (subject to hydrolysis) is 1. The van der Waals surface area contributed by atoms with E-state index in [1.807, 2.05) is 12.1 Å². The van der Waals surface area contributed by atoms with Crippen molar-refractivity contribution >= 4 is 11.9 Å². The topological polar surface area (TPSA) is 55.4 Å². The molecule has 0 aliphatic rings. The summed E-state index contributed by atoms with van der Waals surface area (Å²) in [6.07, 6.45) is 0.357. The first-order valence-corrected chi connectivity index (χ1v) is 6.41. The van der Waals surface area contributed by atoms with E-state index in [1.165, 1.54) is 5.56 Å². The van der Waals surface area contributed by atoms with E-state index in [0.717, 1.165) is 6.42 Å². The van der Waals surface area contributed by atoms with Gasteiger partial charge in [0.1, 0.15) is 5.60 Å². The summed E-state index contributed by atoms with van der Waals surface area (Å²) in [5.41, 5.74) is 1.21. The van der Waals surface area contributed by atoms with Gasteiger partial charge in [0.2, 0.25) is 0 Å². The van der Waals surface area contributed by atoms with Gasteiger partial charge in [0.25, 0.3) is 0 Å². The van der Waals surface area contributed by atoms with Crippen LogP contribution in [0.5, 0.6) is 0 Å². The van der Waals surface area contributed by atoms with Gasteiger partial charge < -0.3 is 10.1 Å². The zero-order valence-corrected chi connectivity index (χ0v) is 11.9. The molecule has 0 heterocycles. The number of hydrogen-bond acceptors (Lipinski definition) is 3. The number of carbonyl (C=O) groups excluding carboxylic acids is 2. The molecular weight excluding hydrogens is 242 g/mol. The molecule has 19 heavy (non-hydrogen) atoms. The number of benzene rings is 1. The number of hydrogen-bond donors (Lipinski definition) is 1. The van der Waals surface area contributed by atoms with Gasteiger partial charge in [0, 0.05) is 5.56 Å². The van der Waals surface area contributed by atoms with Gasteiger partial charge >= 0.3 is 6.09 Å². The van der Waals surface area contributed by atoms with E-state index in [4.69, 9.17) is 4.74 Å². The van der Waals surface area contributed by atoms with Crippen LogP contribution < -0.4 is 5.32 Å². The molecule has 1 aromatic rings. The van der Waals surface area contributed by atoms with Gasteiger partial charge in [0.15, 0.2) is 5.78 Å². The summed E-state index contributed by atoms with van der Waals surface area (Å²) in [5, 5.41) is 2.46. The van der Waals surface area contributed by atoms with Gasteiger partial charge in [-0.05, 0) is 32.8 Å². The lowest BCUT2D eigenvalue weighted by atomic mass is 10.1. The first kappa shape index (κ1) is 15.2. The number of ketones is 1. The van der Waals surface area contributed by atoms with Crippen LogP contribution in [0.1, 0.15) is 43.6 Å². The van der Waals surface area contributed by atoms with Crippen molar-refractivity contribution < 1.29 is 14.3 Å². The first-order valence-electron chi connectivity index (χ1n) is 6.41. The number of ether oxygens (including phenoxy) is 1. The van der Waals surface area contributed by atoms with Crippen LogP contribution in [0, 0.1) is 0 Å². The highest BCUT2D eigenvalue weighted by molar-refractivity contribution is 5.98. The number of Topliss-reactive ketones (excluding diaryl/α,β-unsaturated/α-hetero) is 1. The SMILES string of the molecule is CCc1ccc(C(=O)CNC(=O)OC(C)(C)C)cc1. The van der Waals surface area contributed by atoms with E-state index in [0.29, 0.717) is 5.56 Å². The lowest BCUT2D eigenvalue weighted by Gasteiger charge is -2.19. The van der Waals surface area contributed by atoms with Crippen molar-refractivity contribution in [3.05, 3.63) is 35.4 Å². The maximum Gasteiger partial charge on any atom is 0.408 e. The molecule has 1 amide bonds. The van der Waals surface area contributed by atoms with Crippen LogP contribution in [0.25, 0.3) is 0 Å². The van der Waals surface area contributed by atoms with Crippen LogP contribution in [-0.2, 0) is 11.2 Å². The Labute approximate surface area is 114 Å².